The zero-order valence-corrected chi connectivity index (χ0v) is 16.0. The highest BCUT2D eigenvalue weighted by atomic mass is 32.2. The topological polar surface area (TPSA) is 58.2 Å². The predicted octanol–water partition coefficient (Wildman–Crippen LogP) is 3.71. The van der Waals surface area contributed by atoms with Crippen molar-refractivity contribution in [3.8, 4) is 0 Å². The van der Waals surface area contributed by atoms with Crippen LogP contribution in [0.5, 0.6) is 0 Å². The van der Waals surface area contributed by atoms with Crippen molar-refractivity contribution in [1.82, 2.24) is 10.0 Å². The van der Waals surface area contributed by atoms with Gasteiger partial charge in [-0.25, -0.2) is 13.1 Å². The molecule has 1 aliphatic rings. The van der Waals surface area contributed by atoms with E-state index in [-0.39, 0.29) is 18.1 Å². The van der Waals surface area contributed by atoms with Crippen LogP contribution < -0.4 is 10.0 Å². The number of nitrogens with one attached hydrogen (secondary N) is 2. The van der Waals surface area contributed by atoms with E-state index >= 15 is 0 Å². The first-order valence-electron chi connectivity index (χ1n) is 9.01. The van der Waals surface area contributed by atoms with Gasteiger partial charge in [-0.15, -0.1) is 0 Å². The van der Waals surface area contributed by atoms with Gasteiger partial charge in [0.1, 0.15) is 0 Å². The Morgan fingerprint density at radius 3 is 2.19 bits per heavy atom. The lowest BCUT2D eigenvalue weighted by Crippen LogP contribution is -2.51. The van der Waals surface area contributed by atoms with Crippen LogP contribution in [0.4, 0.5) is 0 Å². The average molecular weight is 371 g/mol. The second-order valence-corrected chi connectivity index (χ2v) is 8.60. The molecule has 2 N–H and O–H groups in total. The Balaban J connectivity index is 1.73. The van der Waals surface area contributed by atoms with E-state index in [9.17, 15) is 8.42 Å². The molecule has 0 aromatic heterocycles. The van der Waals surface area contributed by atoms with Gasteiger partial charge in [0.2, 0.25) is 10.0 Å². The first-order chi connectivity index (χ1) is 12.5. The van der Waals surface area contributed by atoms with Crippen LogP contribution in [-0.2, 0) is 10.0 Å². The second-order valence-electron chi connectivity index (χ2n) is 6.89. The minimum Gasteiger partial charge on any atom is -0.306 e. The highest BCUT2D eigenvalue weighted by Crippen LogP contribution is 2.20. The summed E-state index contributed by atoms with van der Waals surface area (Å²) in [5, 5.41) is 3.59. The van der Waals surface area contributed by atoms with Crippen LogP contribution in [-0.4, -0.2) is 20.5 Å². The van der Waals surface area contributed by atoms with E-state index in [1.807, 2.05) is 43.3 Å². The maximum absolute atomic E-state index is 12.8. The van der Waals surface area contributed by atoms with Crippen molar-refractivity contribution in [2.45, 2.75) is 49.7 Å². The van der Waals surface area contributed by atoms with Gasteiger partial charge < -0.3 is 5.32 Å². The van der Waals surface area contributed by atoms with E-state index < -0.39 is 10.0 Å². The molecular weight excluding hydrogens is 344 g/mol. The fourth-order valence-electron chi connectivity index (χ4n) is 3.27. The molecule has 0 aliphatic heterocycles. The molecule has 0 heterocycles. The van der Waals surface area contributed by atoms with Crippen LogP contribution in [0.15, 0.2) is 71.6 Å². The van der Waals surface area contributed by atoms with E-state index in [0.29, 0.717) is 11.3 Å². The van der Waals surface area contributed by atoms with Gasteiger partial charge in [-0.2, -0.15) is 0 Å². The monoisotopic (exact) mass is 370 g/mol. The summed E-state index contributed by atoms with van der Waals surface area (Å²) in [6, 6.07) is 17.2. The quantitative estimate of drug-likeness (QED) is 0.762. The summed E-state index contributed by atoms with van der Waals surface area (Å²) >= 11 is 0. The van der Waals surface area contributed by atoms with Crippen LogP contribution in [0.3, 0.4) is 0 Å². The molecule has 3 atom stereocenters. The lowest BCUT2D eigenvalue weighted by Gasteiger charge is -2.32. The summed E-state index contributed by atoms with van der Waals surface area (Å²) in [7, 11) is -3.53. The number of rotatable bonds is 6. The van der Waals surface area contributed by atoms with Gasteiger partial charge in [0, 0.05) is 18.1 Å². The summed E-state index contributed by atoms with van der Waals surface area (Å²) in [6.07, 6.45) is 5.66. The van der Waals surface area contributed by atoms with Crippen molar-refractivity contribution in [3.63, 3.8) is 0 Å². The fraction of sp³-hybridized carbons (Fsp3) is 0.333. The normalized spacial score (nSPS) is 21.5. The Morgan fingerprint density at radius 2 is 1.54 bits per heavy atom. The first kappa shape index (κ1) is 18.8. The SMILES string of the molecule is Cc1ccc(S(=O)(=O)NC2CC=CCC2N[C@H](C)c2ccccc2)cc1. The summed E-state index contributed by atoms with van der Waals surface area (Å²) in [4.78, 5) is 0.313. The molecule has 0 saturated heterocycles. The number of hydrogen-bond acceptors (Lipinski definition) is 3. The third kappa shape index (κ3) is 4.61. The number of sulfonamides is 1. The first-order valence-corrected chi connectivity index (χ1v) is 10.5. The molecule has 3 rings (SSSR count). The van der Waals surface area contributed by atoms with Gasteiger partial charge in [0.25, 0.3) is 0 Å². The van der Waals surface area contributed by atoms with Gasteiger partial charge in [-0.3, -0.25) is 0 Å². The molecule has 2 aromatic carbocycles. The van der Waals surface area contributed by atoms with E-state index in [0.717, 1.165) is 12.0 Å². The third-order valence-electron chi connectivity index (χ3n) is 4.83. The molecule has 5 heteroatoms. The number of benzene rings is 2. The molecule has 0 spiro atoms. The summed E-state index contributed by atoms with van der Waals surface area (Å²) in [6.45, 7) is 4.06. The average Bonchev–Trinajstić information content (AvgIpc) is 2.64. The molecule has 0 amide bonds. The van der Waals surface area contributed by atoms with Crippen LogP contribution >= 0.6 is 0 Å². The smallest absolute Gasteiger partial charge is 0.240 e. The Kier molecular flexibility index (Phi) is 5.91. The lowest BCUT2D eigenvalue weighted by molar-refractivity contribution is 0.364. The van der Waals surface area contributed by atoms with Crippen LogP contribution in [0.1, 0.15) is 36.9 Å². The fourth-order valence-corrected chi connectivity index (χ4v) is 4.56. The van der Waals surface area contributed by atoms with Gasteiger partial charge in [0.05, 0.1) is 4.90 Å². The van der Waals surface area contributed by atoms with E-state index in [1.54, 1.807) is 12.1 Å². The zero-order chi connectivity index (χ0) is 18.6. The molecule has 0 radical (unpaired) electrons. The maximum Gasteiger partial charge on any atom is 0.240 e. The van der Waals surface area contributed by atoms with Gasteiger partial charge in [-0.05, 0) is 44.4 Å². The van der Waals surface area contributed by atoms with Crippen molar-refractivity contribution in [2.24, 2.45) is 0 Å². The number of aryl methyl sites for hydroxylation is 1. The van der Waals surface area contributed by atoms with Gasteiger partial charge in [0.15, 0.2) is 0 Å². The summed E-state index contributed by atoms with van der Waals surface area (Å²) in [5.74, 6) is 0. The van der Waals surface area contributed by atoms with E-state index in [1.165, 1.54) is 5.56 Å². The van der Waals surface area contributed by atoms with Crippen LogP contribution in [0.2, 0.25) is 0 Å². The van der Waals surface area contributed by atoms with E-state index in [2.05, 4.69) is 35.2 Å². The molecule has 0 saturated carbocycles. The summed E-state index contributed by atoms with van der Waals surface area (Å²) < 4.78 is 28.4. The maximum atomic E-state index is 12.8. The Labute approximate surface area is 156 Å². The van der Waals surface area contributed by atoms with Crippen LogP contribution in [0.25, 0.3) is 0 Å². The highest BCUT2D eigenvalue weighted by Gasteiger charge is 2.28. The minimum atomic E-state index is -3.53. The van der Waals surface area contributed by atoms with Crippen molar-refractivity contribution in [2.75, 3.05) is 0 Å². The molecule has 138 valence electrons. The highest BCUT2D eigenvalue weighted by molar-refractivity contribution is 7.89. The molecule has 0 bridgehead atoms. The Hall–Kier alpha value is -1.95. The molecule has 0 fully saturated rings. The molecule has 2 unspecified atom stereocenters. The van der Waals surface area contributed by atoms with Crippen molar-refractivity contribution >= 4 is 10.0 Å². The third-order valence-corrected chi connectivity index (χ3v) is 6.34. The predicted molar refractivity (Wildman–Crippen MR) is 105 cm³/mol. The van der Waals surface area contributed by atoms with Crippen molar-refractivity contribution in [1.29, 1.82) is 0 Å². The number of hydrogen-bond donors (Lipinski definition) is 2. The Bertz CT molecular complexity index is 845. The minimum absolute atomic E-state index is 0.0513. The van der Waals surface area contributed by atoms with Crippen LogP contribution in [0, 0.1) is 6.92 Å². The van der Waals surface area contributed by atoms with Gasteiger partial charge >= 0.3 is 0 Å². The second kappa shape index (κ2) is 8.16. The zero-order valence-electron chi connectivity index (χ0n) is 15.2. The molecular formula is C21H26N2O2S. The van der Waals surface area contributed by atoms with Gasteiger partial charge in [-0.1, -0.05) is 60.2 Å². The Morgan fingerprint density at radius 1 is 0.923 bits per heavy atom. The molecule has 4 nitrogen and oxygen atoms in total. The molecule has 2 aromatic rings. The largest absolute Gasteiger partial charge is 0.306 e. The van der Waals surface area contributed by atoms with Crippen molar-refractivity contribution < 1.29 is 8.42 Å². The lowest BCUT2D eigenvalue weighted by atomic mass is 9.95. The summed E-state index contributed by atoms with van der Waals surface area (Å²) in [5.41, 5.74) is 2.24. The molecule has 26 heavy (non-hydrogen) atoms. The van der Waals surface area contributed by atoms with Crippen molar-refractivity contribution in [3.05, 3.63) is 77.9 Å². The standard InChI is InChI=1S/C21H26N2O2S/c1-16-12-14-19(15-13-16)26(24,25)23-21-11-7-6-10-20(21)22-17(2)18-8-4-3-5-9-18/h3-9,12-15,17,20-23H,10-11H2,1-2H3/t17-,20?,21?/m1/s1. The molecule has 1 aliphatic carbocycles. The van der Waals surface area contributed by atoms with E-state index in [4.69, 9.17) is 0 Å².